The number of rotatable bonds is 4. The number of halogens is 1. The van der Waals surface area contributed by atoms with Crippen molar-refractivity contribution in [1.29, 1.82) is 0 Å². The molecule has 1 N–H and O–H groups in total. The fourth-order valence-corrected chi connectivity index (χ4v) is 2.86. The topological polar surface area (TPSA) is 47.0 Å². The monoisotopic (exact) mass is 303 g/mol. The highest BCUT2D eigenvalue weighted by molar-refractivity contribution is 6.33. The minimum Gasteiger partial charge on any atom is -0.371 e. The van der Waals surface area contributed by atoms with Crippen molar-refractivity contribution in [1.82, 2.24) is 9.97 Å². The number of aromatic nitrogens is 2. The Labute approximate surface area is 129 Å². The molecule has 0 radical (unpaired) electrons. The van der Waals surface area contributed by atoms with E-state index in [-0.39, 0.29) is 12.1 Å². The zero-order valence-corrected chi connectivity index (χ0v) is 12.7. The van der Waals surface area contributed by atoms with E-state index in [0.29, 0.717) is 17.4 Å². The molecule has 21 heavy (non-hydrogen) atoms. The summed E-state index contributed by atoms with van der Waals surface area (Å²) in [6, 6.07) is 10.5. The largest absolute Gasteiger partial charge is 0.371 e. The first-order valence-electron chi connectivity index (χ1n) is 7.20. The lowest BCUT2D eigenvalue weighted by Crippen LogP contribution is -2.20. The van der Waals surface area contributed by atoms with E-state index < -0.39 is 0 Å². The predicted octanol–water partition coefficient (Wildman–Crippen LogP) is 3.63. The van der Waals surface area contributed by atoms with Crippen molar-refractivity contribution in [3.8, 4) is 0 Å². The highest BCUT2D eigenvalue weighted by Gasteiger charge is 2.27. The molecule has 2 heterocycles. The van der Waals surface area contributed by atoms with E-state index in [1.165, 1.54) is 5.56 Å². The SMILES string of the molecule is CCc1ncnc(NC2COC(c3ccccc3)C2)c1Cl. The van der Waals surface area contributed by atoms with Crippen molar-refractivity contribution in [2.24, 2.45) is 0 Å². The summed E-state index contributed by atoms with van der Waals surface area (Å²) in [5.41, 5.74) is 2.08. The van der Waals surface area contributed by atoms with Crippen LogP contribution < -0.4 is 5.32 Å². The van der Waals surface area contributed by atoms with Gasteiger partial charge in [-0.2, -0.15) is 0 Å². The van der Waals surface area contributed by atoms with Crippen LogP contribution >= 0.6 is 11.6 Å². The highest BCUT2D eigenvalue weighted by atomic mass is 35.5. The van der Waals surface area contributed by atoms with Crippen molar-refractivity contribution in [2.45, 2.75) is 31.9 Å². The molecule has 1 aliphatic rings. The molecule has 1 fully saturated rings. The average Bonchev–Trinajstić information content (AvgIpc) is 2.99. The molecule has 1 aromatic carbocycles. The Morgan fingerprint density at radius 1 is 1.29 bits per heavy atom. The third-order valence-corrected chi connectivity index (χ3v) is 4.10. The van der Waals surface area contributed by atoms with Gasteiger partial charge in [0.2, 0.25) is 0 Å². The van der Waals surface area contributed by atoms with Crippen molar-refractivity contribution in [3.63, 3.8) is 0 Å². The van der Waals surface area contributed by atoms with Gasteiger partial charge in [-0.05, 0) is 12.0 Å². The van der Waals surface area contributed by atoms with Gasteiger partial charge in [-0.15, -0.1) is 0 Å². The number of benzene rings is 1. The van der Waals surface area contributed by atoms with Crippen LogP contribution in [-0.4, -0.2) is 22.6 Å². The molecule has 2 atom stereocenters. The Bertz CT molecular complexity index is 606. The molecule has 1 aromatic heterocycles. The normalized spacial score (nSPS) is 21.4. The van der Waals surface area contributed by atoms with Gasteiger partial charge in [-0.1, -0.05) is 48.9 Å². The summed E-state index contributed by atoms with van der Waals surface area (Å²) in [7, 11) is 0. The molecule has 3 rings (SSSR count). The second kappa shape index (κ2) is 6.41. The lowest BCUT2D eigenvalue weighted by molar-refractivity contribution is 0.111. The molecule has 2 unspecified atom stereocenters. The highest BCUT2D eigenvalue weighted by Crippen LogP contribution is 2.31. The van der Waals surface area contributed by atoms with E-state index >= 15 is 0 Å². The summed E-state index contributed by atoms with van der Waals surface area (Å²) >= 11 is 6.31. The van der Waals surface area contributed by atoms with Crippen LogP contribution in [0.3, 0.4) is 0 Å². The Hall–Kier alpha value is -1.65. The zero-order chi connectivity index (χ0) is 14.7. The van der Waals surface area contributed by atoms with Crippen molar-refractivity contribution in [3.05, 3.63) is 52.9 Å². The molecule has 2 aromatic rings. The Balaban J connectivity index is 1.68. The van der Waals surface area contributed by atoms with Gasteiger partial charge < -0.3 is 10.1 Å². The van der Waals surface area contributed by atoms with Crippen LogP contribution in [0.15, 0.2) is 36.7 Å². The fourth-order valence-electron chi connectivity index (χ4n) is 2.57. The standard InChI is InChI=1S/C16H18ClN3O/c1-2-13-15(17)16(19-10-18-13)20-12-8-14(21-9-12)11-6-4-3-5-7-11/h3-7,10,12,14H,2,8-9H2,1H3,(H,18,19,20). The minimum atomic E-state index is 0.134. The molecular weight excluding hydrogens is 286 g/mol. The Morgan fingerprint density at radius 3 is 2.86 bits per heavy atom. The molecule has 0 saturated carbocycles. The van der Waals surface area contributed by atoms with Crippen LogP contribution in [0.25, 0.3) is 0 Å². The number of nitrogens with zero attached hydrogens (tertiary/aromatic N) is 2. The van der Waals surface area contributed by atoms with Crippen LogP contribution in [0.5, 0.6) is 0 Å². The summed E-state index contributed by atoms with van der Waals surface area (Å²) < 4.78 is 5.87. The van der Waals surface area contributed by atoms with Gasteiger partial charge in [0, 0.05) is 6.42 Å². The molecule has 1 saturated heterocycles. The minimum absolute atomic E-state index is 0.134. The number of aryl methyl sites for hydroxylation is 1. The van der Waals surface area contributed by atoms with Crippen LogP contribution in [0.4, 0.5) is 5.82 Å². The summed E-state index contributed by atoms with van der Waals surface area (Å²) in [6.45, 7) is 2.68. The maximum atomic E-state index is 6.31. The second-order valence-corrected chi connectivity index (χ2v) is 5.52. The van der Waals surface area contributed by atoms with Gasteiger partial charge in [0.25, 0.3) is 0 Å². The van der Waals surface area contributed by atoms with Gasteiger partial charge in [-0.25, -0.2) is 9.97 Å². The molecule has 1 aliphatic heterocycles. The average molecular weight is 304 g/mol. The van der Waals surface area contributed by atoms with E-state index in [1.54, 1.807) is 6.33 Å². The smallest absolute Gasteiger partial charge is 0.148 e. The van der Waals surface area contributed by atoms with Crippen molar-refractivity contribution >= 4 is 17.4 Å². The number of nitrogens with one attached hydrogen (secondary N) is 1. The van der Waals surface area contributed by atoms with Crippen LogP contribution in [0.2, 0.25) is 5.02 Å². The van der Waals surface area contributed by atoms with E-state index in [2.05, 4.69) is 27.4 Å². The van der Waals surface area contributed by atoms with E-state index in [9.17, 15) is 0 Å². The van der Waals surface area contributed by atoms with Gasteiger partial charge in [-0.3, -0.25) is 0 Å². The van der Waals surface area contributed by atoms with Gasteiger partial charge in [0.05, 0.1) is 24.4 Å². The number of ether oxygens (including phenoxy) is 1. The lowest BCUT2D eigenvalue weighted by Gasteiger charge is -2.14. The quantitative estimate of drug-likeness (QED) is 0.937. The first kappa shape index (κ1) is 14.3. The summed E-state index contributed by atoms with van der Waals surface area (Å²) in [6.07, 6.45) is 3.39. The number of anilines is 1. The first-order chi connectivity index (χ1) is 10.3. The second-order valence-electron chi connectivity index (χ2n) is 5.15. The Morgan fingerprint density at radius 2 is 2.10 bits per heavy atom. The molecular formula is C16H18ClN3O. The maximum absolute atomic E-state index is 6.31. The lowest BCUT2D eigenvalue weighted by atomic mass is 10.1. The molecule has 0 spiro atoms. The van der Waals surface area contributed by atoms with E-state index in [1.807, 2.05) is 25.1 Å². The number of hydrogen-bond donors (Lipinski definition) is 1. The van der Waals surface area contributed by atoms with Gasteiger partial charge >= 0.3 is 0 Å². The maximum Gasteiger partial charge on any atom is 0.148 e. The summed E-state index contributed by atoms with van der Waals surface area (Å²) in [5.74, 6) is 0.700. The third-order valence-electron chi connectivity index (χ3n) is 3.71. The molecule has 110 valence electrons. The summed E-state index contributed by atoms with van der Waals surface area (Å²) in [4.78, 5) is 8.42. The van der Waals surface area contributed by atoms with Crippen LogP contribution in [-0.2, 0) is 11.2 Å². The number of hydrogen-bond acceptors (Lipinski definition) is 4. The molecule has 0 bridgehead atoms. The van der Waals surface area contributed by atoms with Crippen molar-refractivity contribution < 1.29 is 4.74 Å². The molecule has 4 nitrogen and oxygen atoms in total. The van der Waals surface area contributed by atoms with E-state index in [4.69, 9.17) is 16.3 Å². The first-order valence-corrected chi connectivity index (χ1v) is 7.58. The molecule has 0 aliphatic carbocycles. The summed E-state index contributed by atoms with van der Waals surface area (Å²) in [5, 5.41) is 3.99. The Kier molecular flexibility index (Phi) is 4.36. The fraction of sp³-hybridized carbons (Fsp3) is 0.375. The van der Waals surface area contributed by atoms with E-state index in [0.717, 1.165) is 18.5 Å². The molecule has 0 amide bonds. The predicted molar refractivity (Wildman–Crippen MR) is 83.6 cm³/mol. The molecule has 5 heteroatoms. The van der Waals surface area contributed by atoms with Crippen LogP contribution in [0.1, 0.15) is 30.7 Å². The van der Waals surface area contributed by atoms with Gasteiger partial charge in [0.15, 0.2) is 0 Å². The van der Waals surface area contributed by atoms with Crippen LogP contribution in [0, 0.1) is 0 Å². The third kappa shape index (κ3) is 3.17. The zero-order valence-electron chi connectivity index (χ0n) is 11.9. The van der Waals surface area contributed by atoms with Gasteiger partial charge in [0.1, 0.15) is 17.2 Å². The van der Waals surface area contributed by atoms with Crippen molar-refractivity contribution in [2.75, 3.05) is 11.9 Å².